The van der Waals surface area contributed by atoms with Crippen molar-refractivity contribution in [3.05, 3.63) is 118 Å². The van der Waals surface area contributed by atoms with E-state index in [0.717, 1.165) is 43.8 Å². The highest BCUT2D eigenvalue weighted by molar-refractivity contribution is 6.00. The zero-order chi connectivity index (χ0) is 23.4. The van der Waals surface area contributed by atoms with Gasteiger partial charge < -0.3 is 9.47 Å². The Morgan fingerprint density at radius 3 is 1.35 bits per heavy atom. The molecular formula is C30H22O4. The van der Waals surface area contributed by atoms with Crippen molar-refractivity contribution in [2.24, 2.45) is 0 Å². The van der Waals surface area contributed by atoms with Crippen molar-refractivity contribution >= 4 is 33.5 Å². The van der Waals surface area contributed by atoms with Gasteiger partial charge in [-0.3, -0.25) is 0 Å². The van der Waals surface area contributed by atoms with E-state index >= 15 is 0 Å². The highest BCUT2D eigenvalue weighted by atomic mass is 16.6. The maximum Gasteiger partial charge on any atom is 0.335 e. The van der Waals surface area contributed by atoms with Gasteiger partial charge in [0.1, 0.15) is 0 Å². The minimum Gasteiger partial charge on any atom is -0.449 e. The van der Waals surface area contributed by atoms with Crippen molar-refractivity contribution in [3.63, 3.8) is 0 Å². The van der Waals surface area contributed by atoms with Gasteiger partial charge in [-0.1, -0.05) is 84.9 Å². The Morgan fingerprint density at radius 1 is 0.529 bits per heavy atom. The first-order valence-corrected chi connectivity index (χ1v) is 11.3. The highest BCUT2D eigenvalue weighted by Gasteiger charge is 2.44. The number of hydrogen-bond donors (Lipinski definition) is 0. The van der Waals surface area contributed by atoms with Gasteiger partial charge in [-0.15, -0.1) is 0 Å². The van der Waals surface area contributed by atoms with Crippen LogP contribution in [0.15, 0.2) is 107 Å². The molecular weight excluding hydrogens is 424 g/mol. The van der Waals surface area contributed by atoms with E-state index in [1.54, 1.807) is 13.8 Å². The molecule has 166 valence electrons. The summed E-state index contributed by atoms with van der Waals surface area (Å²) in [6, 6.07) is 28.1. The molecule has 2 heterocycles. The van der Waals surface area contributed by atoms with Gasteiger partial charge in [-0.2, -0.15) is 0 Å². The SMILES string of the molecule is CC1=C(C2=C(C)C(=O)O[C@@H]2c2cccc3ccccc23)[C@H](c2cccc3ccccc23)OC1=O. The molecule has 34 heavy (non-hydrogen) atoms. The molecule has 4 aromatic rings. The fourth-order valence-corrected chi connectivity index (χ4v) is 5.20. The van der Waals surface area contributed by atoms with Crippen LogP contribution in [-0.2, 0) is 19.1 Å². The third kappa shape index (κ3) is 2.99. The molecule has 4 nitrogen and oxygen atoms in total. The monoisotopic (exact) mass is 446 g/mol. The Hall–Kier alpha value is -4.18. The predicted octanol–water partition coefficient (Wildman–Crippen LogP) is 6.52. The number of benzene rings is 4. The van der Waals surface area contributed by atoms with E-state index < -0.39 is 12.2 Å². The van der Waals surface area contributed by atoms with Crippen LogP contribution in [0.2, 0.25) is 0 Å². The summed E-state index contributed by atoms with van der Waals surface area (Å²) in [6.45, 7) is 3.54. The summed E-state index contributed by atoms with van der Waals surface area (Å²) in [4.78, 5) is 25.8. The Labute approximate surface area is 197 Å². The molecule has 0 unspecified atom stereocenters. The molecule has 0 aliphatic carbocycles. The lowest BCUT2D eigenvalue weighted by Gasteiger charge is -2.22. The first-order valence-electron chi connectivity index (χ1n) is 11.3. The van der Waals surface area contributed by atoms with Crippen LogP contribution in [0.25, 0.3) is 21.5 Å². The van der Waals surface area contributed by atoms with Crippen molar-refractivity contribution in [3.8, 4) is 0 Å². The number of carbonyl (C=O) groups is 2. The van der Waals surface area contributed by atoms with Crippen molar-refractivity contribution in [2.75, 3.05) is 0 Å². The number of carbonyl (C=O) groups excluding carboxylic acids is 2. The maximum absolute atomic E-state index is 12.9. The lowest BCUT2D eigenvalue weighted by molar-refractivity contribution is -0.141. The summed E-state index contributed by atoms with van der Waals surface area (Å²) < 4.78 is 11.9. The fraction of sp³-hybridized carbons (Fsp3) is 0.133. The molecule has 2 aliphatic heterocycles. The lowest BCUT2D eigenvalue weighted by atomic mass is 9.84. The van der Waals surface area contributed by atoms with Crippen LogP contribution < -0.4 is 0 Å². The van der Waals surface area contributed by atoms with Crippen molar-refractivity contribution in [1.82, 2.24) is 0 Å². The quantitative estimate of drug-likeness (QED) is 0.336. The van der Waals surface area contributed by atoms with Gasteiger partial charge in [0.15, 0.2) is 12.2 Å². The van der Waals surface area contributed by atoms with Gasteiger partial charge in [0.2, 0.25) is 0 Å². The second-order valence-electron chi connectivity index (χ2n) is 8.78. The van der Waals surface area contributed by atoms with Gasteiger partial charge in [0, 0.05) is 33.4 Å². The molecule has 0 saturated carbocycles. The minimum absolute atomic E-state index is 0.371. The van der Waals surface area contributed by atoms with E-state index in [9.17, 15) is 9.59 Å². The number of hydrogen-bond acceptors (Lipinski definition) is 4. The summed E-state index contributed by atoms with van der Waals surface area (Å²) in [5.41, 5.74) is 4.26. The number of ether oxygens (including phenoxy) is 2. The van der Waals surface area contributed by atoms with E-state index in [0.29, 0.717) is 11.1 Å². The molecule has 4 aromatic carbocycles. The van der Waals surface area contributed by atoms with E-state index in [4.69, 9.17) is 9.47 Å². The van der Waals surface area contributed by atoms with Gasteiger partial charge in [-0.05, 0) is 35.4 Å². The number of fused-ring (bicyclic) bond motifs is 2. The van der Waals surface area contributed by atoms with Crippen LogP contribution in [0.5, 0.6) is 0 Å². The number of rotatable bonds is 3. The second-order valence-corrected chi connectivity index (χ2v) is 8.78. The minimum atomic E-state index is -0.615. The number of cyclic esters (lactones) is 2. The van der Waals surface area contributed by atoms with Gasteiger partial charge in [-0.25, -0.2) is 9.59 Å². The average Bonchev–Trinajstić information content (AvgIpc) is 3.32. The Bertz CT molecular complexity index is 1440. The lowest BCUT2D eigenvalue weighted by Crippen LogP contribution is -2.10. The van der Waals surface area contributed by atoms with Crippen LogP contribution in [0.3, 0.4) is 0 Å². The molecule has 2 atom stereocenters. The first kappa shape index (κ1) is 20.4. The standard InChI is InChI=1S/C30H22O4/c1-17-25(27(33-29(17)31)23-15-7-11-19-9-3-5-13-21(19)23)26-18(2)30(32)34-28(26)24-16-8-12-20-10-4-6-14-22(20)24/h3-16,27-28H,1-2H3/t27-,28+. The third-order valence-corrected chi connectivity index (χ3v) is 6.90. The second kappa shape index (κ2) is 7.70. The predicted molar refractivity (Wildman–Crippen MR) is 131 cm³/mol. The molecule has 0 saturated heterocycles. The summed E-state index contributed by atoms with van der Waals surface area (Å²) in [5.74, 6) is -0.742. The molecule has 2 aliphatic rings. The highest BCUT2D eigenvalue weighted by Crippen LogP contribution is 2.50. The average molecular weight is 447 g/mol. The molecule has 6 rings (SSSR count). The van der Waals surface area contributed by atoms with Crippen molar-refractivity contribution < 1.29 is 19.1 Å². The van der Waals surface area contributed by atoms with Crippen LogP contribution in [0.4, 0.5) is 0 Å². The molecule has 0 radical (unpaired) electrons. The van der Waals surface area contributed by atoms with Crippen LogP contribution in [-0.4, -0.2) is 11.9 Å². The summed E-state index contributed by atoms with van der Waals surface area (Å²) >= 11 is 0. The fourth-order valence-electron chi connectivity index (χ4n) is 5.20. The van der Waals surface area contributed by atoms with Crippen molar-refractivity contribution in [2.45, 2.75) is 26.1 Å². The molecule has 0 amide bonds. The van der Waals surface area contributed by atoms with E-state index in [1.165, 1.54) is 0 Å². The summed E-state index contributed by atoms with van der Waals surface area (Å²) in [6.07, 6.45) is -1.23. The van der Waals surface area contributed by atoms with Crippen LogP contribution in [0.1, 0.15) is 37.2 Å². The maximum atomic E-state index is 12.9. The molecule has 0 N–H and O–H groups in total. The molecule has 0 fully saturated rings. The topological polar surface area (TPSA) is 52.6 Å². The van der Waals surface area contributed by atoms with E-state index in [1.807, 2.05) is 84.9 Å². The molecule has 0 bridgehead atoms. The van der Waals surface area contributed by atoms with Crippen LogP contribution in [0, 0.1) is 0 Å². The Kier molecular flexibility index (Phi) is 4.63. The normalized spacial score (nSPS) is 20.4. The van der Waals surface area contributed by atoms with Crippen LogP contribution >= 0.6 is 0 Å². The van der Waals surface area contributed by atoms with Gasteiger partial charge >= 0.3 is 11.9 Å². The number of esters is 2. The first-order chi connectivity index (χ1) is 16.5. The zero-order valence-corrected chi connectivity index (χ0v) is 18.9. The zero-order valence-electron chi connectivity index (χ0n) is 18.9. The van der Waals surface area contributed by atoms with Crippen molar-refractivity contribution in [1.29, 1.82) is 0 Å². The van der Waals surface area contributed by atoms with E-state index in [2.05, 4.69) is 0 Å². The van der Waals surface area contributed by atoms with Gasteiger partial charge in [0.25, 0.3) is 0 Å². The Balaban J connectivity index is 1.57. The Morgan fingerprint density at radius 2 is 0.912 bits per heavy atom. The van der Waals surface area contributed by atoms with E-state index in [-0.39, 0.29) is 11.9 Å². The third-order valence-electron chi connectivity index (χ3n) is 6.90. The molecule has 0 aromatic heterocycles. The largest absolute Gasteiger partial charge is 0.449 e. The summed E-state index contributed by atoms with van der Waals surface area (Å²) in [5, 5.41) is 4.16. The smallest absolute Gasteiger partial charge is 0.335 e. The van der Waals surface area contributed by atoms with Gasteiger partial charge in [0.05, 0.1) is 0 Å². The summed E-state index contributed by atoms with van der Waals surface area (Å²) in [7, 11) is 0. The molecule has 0 spiro atoms. The molecule has 4 heteroatoms.